The number of hydrogen-bond donors (Lipinski definition) is 0. The topological polar surface area (TPSA) is 9.23 Å². The first-order chi connectivity index (χ1) is 6.49. The normalized spacial score (nSPS) is 12.1. The second-order valence-electron chi connectivity index (χ2n) is 4.13. The third kappa shape index (κ3) is 2.55. The van der Waals surface area contributed by atoms with E-state index in [0.717, 1.165) is 0 Å². The van der Waals surface area contributed by atoms with Crippen LogP contribution in [0.4, 0.5) is 0 Å². The molecule has 1 aromatic rings. The fourth-order valence-electron chi connectivity index (χ4n) is 1.48. The quantitative estimate of drug-likeness (QED) is 0.724. The second kappa shape index (κ2) is 4.72. The maximum absolute atomic E-state index is 5.55. The molecular formula is C12H19BiO. The molecule has 0 radical (unpaired) electrons. The number of hydrogen-bond acceptors (Lipinski definition) is 1. The molecule has 0 aromatic heterocycles. The van der Waals surface area contributed by atoms with Crippen LogP contribution in [0.1, 0.15) is 19.4 Å². The summed E-state index contributed by atoms with van der Waals surface area (Å²) >= 11 is -1.37. The van der Waals surface area contributed by atoms with E-state index in [4.69, 9.17) is 4.74 Å². The van der Waals surface area contributed by atoms with E-state index in [-0.39, 0.29) is 5.60 Å². The van der Waals surface area contributed by atoms with Gasteiger partial charge in [-0.2, -0.15) is 0 Å². The minimum absolute atomic E-state index is 0.143. The third-order valence-corrected chi connectivity index (χ3v) is 7.81. The minimum atomic E-state index is -1.37. The van der Waals surface area contributed by atoms with Crippen LogP contribution in [0, 0.1) is 0 Å². The molecular weight excluding hydrogens is 369 g/mol. The van der Waals surface area contributed by atoms with Gasteiger partial charge in [0.15, 0.2) is 0 Å². The van der Waals surface area contributed by atoms with Gasteiger partial charge < -0.3 is 0 Å². The van der Waals surface area contributed by atoms with Gasteiger partial charge in [0.2, 0.25) is 0 Å². The van der Waals surface area contributed by atoms with Gasteiger partial charge in [-0.1, -0.05) is 0 Å². The Kier molecular flexibility index (Phi) is 4.09. The van der Waals surface area contributed by atoms with E-state index >= 15 is 0 Å². The molecule has 0 bridgehead atoms. The Hall–Kier alpha value is 0.0631. The van der Waals surface area contributed by atoms with Crippen molar-refractivity contribution in [1.29, 1.82) is 0 Å². The Morgan fingerprint density at radius 3 is 2.21 bits per heavy atom. The molecule has 0 spiro atoms. The van der Waals surface area contributed by atoms with E-state index in [1.807, 2.05) is 0 Å². The SMILES string of the molecule is COC(C)(C)c1cccc[c]1[Bi]([CH3])[CH3]. The molecule has 0 aliphatic heterocycles. The van der Waals surface area contributed by atoms with Crippen LogP contribution < -0.4 is 3.27 Å². The van der Waals surface area contributed by atoms with E-state index < -0.39 is 21.8 Å². The van der Waals surface area contributed by atoms with Gasteiger partial charge in [0.1, 0.15) is 0 Å². The molecule has 0 unspecified atom stereocenters. The zero-order valence-electron chi connectivity index (χ0n) is 9.66. The van der Waals surface area contributed by atoms with Gasteiger partial charge >= 0.3 is 95.4 Å². The third-order valence-electron chi connectivity index (χ3n) is 2.54. The van der Waals surface area contributed by atoms with Crippen molar-refractivity contribution in [2.75, 3.05) is 7.11 Å². The van der Waals surface area contributed by atoms with Gasteiger partial charge in [-0.15, -0.1) is 0 Å². The summed E-state index contributed by atoms with van der Waals surface area (Å²) in [7, 11) is 1.78. The Morgan fingerprint density at radius 2 is 1.71 bits per heavy atom. The van der Waals surface area contributed by atoms with Crippen LogP contribution in [-0.2, 0) is 10.3 Å². The Balaban J connectivity index is 3.20. The Labute approximate surface area is 95.2 Å². The predicted octanol–water partition coefficient (Wildman–Crippen LogP) is 2.53. The fraction of sp³-hybridized carbons (Fsp3) is 0.500. The molecule has 78 valence electrons. The number of methoxy groups -OCH3 is 1. The summed E-state index contributed by atoms with van der Waals surface area (Å²) in [5.74, 6) is 0. The summed E-state index contributed by atoms with van der Waals surface area (Å²) in [5.41, 5.74) is 1.24. The Bertz CT molecular complexity index is 305. The van der Waals surface area contributed by atoms with E-state index in [1.165, 1.54) is 5.56 Å². The van der Waals surface area contributed by atoms with E-state index in [0.29, 0.717) is 0 Å². The van der Waals surface area contributed by atoms with Crippen LogP contribution in [0.5, 0.6) is 0 Å². The zero-order chi connectivity index (χ0) is 10.8. The molecule has 0 N–H and O–H groups in total. The van der Waals surface area contributed by atoms with Crippen molar-refractivity contribution in [3.05, 3.63) is 29.8 Å². The first-order valence-corrected chi connectivity index (χ1v) is 13.5. The average molecular weight is 388 g/mol. The molecule has 0 heterocycles. The van der Waals surface area contributed by atoms with Crippen LogP contribution in [0.25, 0.3) is 0 Å². The van der Waals surface area contributed by atoms with Gasteiger partial charge in [-0.05, 0) is 0 Å². The molecule has 1 rings (SSSR count). The molecule has 0 saturated carbocycles. The molecule has 0 atom stereocenters. The van der Waals surface area contributed by atoms with Gasteiger partial charge in [0.25, 0.3) is 0 Å². The number of benzene rings is 1. The van der Waals surface area contributed by atoms with Crippen molar-refractivity contribution >= 4 is 25.0 Å². The van der Waals surface area contributed by atoms with Crippen LogP contribution >= 0.6 is 0 Å². The first-order valence-electron chi connectivity index (χ1n) is 4.81. The van der Waals surface area contributed by atoms with Crippen molar-refractivity contribution < 1.29 is 4.74 Å². The van der Waals surface area contributed by atoms with E-state index in [2.05, 4.69) is 47.4 Å². The van der Waals surface area contributed by atoms with Crippen molar-refractivity contribution in [2.24, 2.45) is 0 Å². The molecule has 0 fully saturated rings. The van der Waals surface area contributed by atoms with Crippen molar-refractivity contribution in [3.63, 3.8) is 0 Å². The standard InChI is InChI=1S/C10H13O.2CH3.Bi/c1-10(2,11-3)9-7-5-4-6-8-9;;;/h4-7H,1-3H3;2*1H3;. The van der Waals surface area contributed by atoms with Crippen molar-refractivity contribution in [1.82, 2.24) is 0 Å². The molecule has 14 heavy (non-hydrogen) atoms. The summed E-state index contributed by atoms with van der Waals surface area (Å²) in [5, 5.41) is 0. The van der Waals surface area contributed by atoms with E-state index in [9.17, 15) is 0 Å². The van der Waals surface area contributed by atoms with Crippen LogP contribution in [0.3, 0.4) is 0 Å². The van der Waals surface area contributed by atoms with Gasteiger partial charge in [-0.3, -0.25) is 0 Å². The number of ether oxygens (including phenoxy) is 1. The van der Waals surface area contributed by atoms with Crippen LogP contribution in [0.15, 0.2) is 24.3 Å². The molecule has 2 heteroatoms. The van der Waals surface area contributed by atoms with Gasteiger partial charge in [-0.25, -0.2) is 0 Å². The predicted molar refractivity (Wildman–Crippen MR) is 63.6 cm³/mol. The fourth-order valence-corrected chi connectivity index (χ4v) is 6.19. The average Bonchev–Trinajstić information content (AvgIpc) is 2.18. The first kappa shape index (κ1) is 12.1. The Morgan fingerprint density at radius 1 is 1.14 bits per heavy atom. The summed E-state index contributed by atoms with van der Waals surface area (Å²) in [6, 6.07) is 8.72. The zero-order valence-corrected chi connectivity index (χ0v) is 13.1. The number of rotatable bonds is 3. The van der Waals surface area contributed by atoms with Gasteiger partial charge in [0, 0.05) is 0 Å². The summed E-state index contributed by atoms with van der Waals surface area (Å²) in [6.07, 6.45) is 0. The molecule has 0 amide bonds. The molecule has 1 nitrogen and oxygen atoms in total. The monoisotopic (exact) mass is 388 g/mol. The van der Waals surface area contributed by atoms with Crippen LogP contribution in [0.2, 0.25) is 9.26 Å². The second-order valence-corrected chi connectivity index (χ2v) is 13.0. The molecule has 0 saturated heterocycles. The molecule has 1 aromatic carbocycles. The van der Waals surface area contributed by atoms with Crippen molar-refractivity contribution in [2.45, 2.75) is 28.7 Å². The summed E-state index contributed by atoms with van der Waals surface area (Å²) in [4.78, 5) is 0. The molecule has 0 aliphatic carbocycles. The summed E-state index contributed by atoms with van der Waals surface area (Å²) in [6.45, 7) is 4.28. The van der Waals surface area contributed by atoms with Gasteiger partial charge in [0.05, 0.1) is 0 Å². The van der Waals surface area contributed by atoms with Crippen LogP contribution in [-0.4, -0.2) is 28.9 Å². The maximum atomic E-state index is 5.55. The van der Waals surface area contributed by atoms with E-state index in [1.54, 1.807) is 10.4 Å². The summed E-state index contributed by atoms with van der Waals surface area (Å²) < 4.78 is 12.0. The van der Waals surface area contributed by atoms with Crippen molar-refractivity contribution in [3.8, 4) is 0 Å². The molecule has 0 aliphatic rings.